The predicted molar refractivity (Wildman–Crippen MR) is 133 cm³/mol. The molecule has 0 saturated carbocycles. The molecule has 8 nitrogen and oxygen atoms in total. The fraction of sp³-hybridized carbons (Fsp3) is 0.292. The zero-order valence-electron chi connectivity index (χ0n) is 18.3. The Kier molecular flexibility index (Phi) is 6.26. The molecule has 0 bridgehead atoms. The molecule has 1 saturated heterocycles. The number of amides is 1. The van der Waals surface area contributed by atoms with Gasteiger partial charge in [-0.15, -0.1) is 0 Å². The van der Waals surface area contributed by atoms with Gasteiger partial charge in [-0.1, -0.05) is 15.9 Å². The van der Waals surface area contributed by atoms with Crippen LogP contribution < -0.4 is 5.32 Å². The van der Waals surface area contributed by atoms with E-state index in [2.05, 4.69) is 41.3 Å². The number of morpholine rings is 1. The minimum atomic E-state index is -0.123. The molecule has 0 aliphatic carbocycles. The summed E-state index contributed by atoms with van der Waals surface area (Å²) in [5.41, 5.74) is 3.87. The van der Waals surface area contributed by atoms with Crippen molar-refractivity contribution >= 4 is 55.4 Å². The van der Waals surface area contributed by atoms with Crippen molar-refractivity contribution in [2.24, 2.45) is 7.05 Å². The van der Waals surface area contributed by atoms with Gasteiger partial charge in [-0.05, 0) is 36.4 Å². The van der Waals surface area contributed by atoms with Crippen LogP contribution in [0.5, 0.6) is 0 Å². The van der Waals surface area contributed by atoms with Gasteiger partial charge in [0.1, 0.15) is 0 Å². The van der Waals surface area contributed by atoms with Crippen LogP contribution in [0.1, 0.15) is 11.3 Å². The van der Waals surface area contributed by atoms with Gasteiger partial charge in [0.15, 0.2) is 5.65 Å². The van der Waals surface area contributed by atoms with Gasteiger partial charge in [-0.25, -0.2) is 4.98 Å². The summed E-state index contributed by atoms with van der Waals surface area (Å²) in [5, 5.41) is 12.3. The first-order valence-corrected chi connectivity index (χ1v) is 11.7. The lowest BCUT2D eigenvalue weighted by Crippen LogP contribution is -2.41. The third-order valence-corrected chi connectivity index (χ3v) is 6.44. The van der Waals surface area contributed by atoms with Crippen LogP contribution >= 0.6 is 15.9 Å². The fourth-order valence-corrected chi connectivity index (χ4v) is 4.58. The summed E-state index contributed by atoms with van der Waals surface area (Å²) in [6.45, 7) is 4.62. The van der Waals surface area contributed by atoms with E-state index in [0.29, 0.717) is 17.8 Å². The molecule has 1 amide bonds. The van der Waals surface area contributed by atoms with Gasteiger partial charge in [0.2, 0.25) is 0 Å². The van der Waals surface area contributed by atoms with Gasteiger partial charge < -0.3 is 14.6 Å². The highest BCUT2D eigenvalue weighted by Crippen LogP contribution is 2.31. The monoisotopic (exact) mass is 508 g/mol. The van der Waals surface area contributed by atoms with Gasteiger partial charge in [0.25, 0.3) is 5.91 Å². The molecule has 2 N–H and O–H groups in total. The maximum absolute atomic E-state index is 13.5. The molecule has 4 aromatic rings. The first-order chi connectivity index (χ1) is 16.1. The van der Waals surface area contributed by atoms with Gasteiger partial charge >= 0.3 is 0 Å². The molecular formula is C24H25BrN6O2. The van der Waals surface area contributed by atoms with E-state index in [1.54, 1.807) is 6.20 Å². The van der Waals surface area contributed by atoms with Crippen LogP contribution in [0.3, 0.4) is 0 Å². The molecule has 4 heterocycles. The maximum Gasteiger partial charge on any atom is 0.252 e. The lowest BCUT2D eigenvalue weighted by Gasteiger charge is -2.26. The van der Waals surface area contributed by atoms with E-state index in [1.807, 2.05) is 54.2 Å². The van der Waals surface area contributed by atoms with Crippen LogP contribution in [-0.4, -0.2) is 69.9 Å². The number of carbonyl (C=O) groups is 1. The number of nitrogens with zero attached hydrogens (tertiary/aromatic N) is 4. The Morgan fingerprint density at radius 3 is 2.97 bits per heavy atom. The van der Waals surface area contributed by atoms with Crippen LogP contribution in [0.15, 0.2) is 47.2 Å². The van der Waals surface area contributed by atoms with Crippen molar-refractivity contribution in [1.82, 2.24) is 30.0 Å². The highest BCUT2D eigenvalue weighted by molar-refractivity contribution is 9.10. The molecule has 0 atom stereocenters. The number of hydrogen-bond donors (Lipinski definition) is 2. The number of fused-ring (bicyclic) bond motifs is 2. The van der Waals surface area contributed by atoms with Crippen molar-refractivity contribution in [3.8, 4) is 0 Å². The lowest BCUT2D eigenvalue weighted by molar-refractivity contribution is -0.115. The van der Waals surface area contributed by atoms with Gasteiger partial charge in [0.05, 0.1) is 24.5 Å². The summed E-state index contributed by atoms with van der Waals surface area (Å²) < 4.78 is 8.42. The van der Waals surface area contributed by atoms with E-state index in [4.69, 9.17) is 4.74 Å². The molecular weight excluding hydrogens is 484 g/mol. The fourth-order valence-electron chi connectivity index (χ4n) is 4.22. The van der Waals surface area contributed by atoms with Crippen LogP contribution in [-0.2, 0) is 16.6 Å². The summed E-state index contributed by atoms with van der Waals surface area (Å²) in [6, 6.07) is 9.92. The van der Waals surface area contributed by atoms with Gasteiger partial charge in [0, 0.05) is 71.9 Å². The second-order valence-corrected chi connectivity index (χ2v) is 9.01. The van der Waals surface area contributed by atoms with Crippen LogP contribution in [0.25, 0.3) is 33.6 Å². The molecule has 170 valence electrons. The van der Waals surface area contributed by atoms with Gasteiger partial charge in [-0.3, -0.25) is 14.8 Å². The topological polar surface area (TPSA) is 88.1 Å². The Labute approximate surface area is 199 Å². The number of rotatable bonds is 6. The maximum atomic E-state index is 13.5. The third kappa shape index (κ3) is 4.57. The first kappa shape index (κ1) is 21.8. The molecule has 1 fully saturated rings. The molecule has 0 radical (unpaired) electrons. The predicted octanol–water partition coefficient (Wildman–Crippen LogP) is 3.20. The molecule has 5 rings (SSSR count). The van der Waals surface area contributed by atoms with E-state index in [-0.39, 0.29) is 5.91 Å². The average molecular weight is 509 g/mol. The minimum Gasteiger partial charge on any atom is -0.379 e. The van der Waals surface area contributed by atoms with Crippen molar-refractivity contribution in [2.45, 2.75) is 0 Å². The van der Waals surface area contributed by atoms with Crippen LogP contribution in [0.4, 0.5) is 0 Å². The second-order valence-electron chi connectivity index (χ2n) is 8.09. The van der Waals surface area contributed by atoms with Crippen molar-refractivity contribution < 1.29 is 9.53 Å². The van der Waals surface area contributed by atoms with E-state index in [0.717, 1.165) is 64.9 Å². The highest BCUT2D eigenvalue weighted by Gasteiger charge is 2.19. The standard InChI is InChI=1S/C24H25BrN6O2/c1-30-15-20(18-13-16(25)4-5-22(18)30)19(14-21-17-3-2-6-26-23(17)29-28-21)24(32)27-7-8-31-9-11-33-12-10-31/h2-6,13-15H,7-12H2,1H3,(H,27,32)(H,26,28,29). The van der Waals surface area contributed by atoms with Crippen molar-refractivity contribution in [3.63, 3.8) is 0 Å². The highest BCUT2D eigenvalue weighted by atomic mass is 79.9. The van der Waals surface area contributed by atoms with E-state index in [9.17, 15) is 4.79 Å². The van der Waals surface area contributed by atoms with Crippen LogP contribution in [0.2, 0.25) is 0 Å². The first-order valence-electron chi connectivity index (χ1n) is 10.9. The lowest BCUT2D eigenvalue weighted by atomic mass is 10.0. The molecule has 1 aromatic carbocycles. The Morgan fingerprint density at radius 1 is 1.27 bits per heavy atom. The molecule has 0 unspecified atom stereocenters. The quantitative estimate of drug-likeness (QED) is 0.390. The normalized spacial score (nSPS) is 15.4. The Hall–Kier alpha value is -3.01. The molecule has 9 heteroatoms. The summed E-state index contributed by atoms with van der Waals surface area (Å²) in [6.07, 6.45) is 5.58. The number of aryl methyl sites for hydroxylation is 1. The van der Waals surface area contributed by atoms with Gasteiger partial charge in [-0.2, -0.15) is 5.10 Å². The van der Waals surface area contributed by atoms with Crippen molar-refractivity contribution in [2.75, 3.05) is 39.4 Å². The largest absolute Gasteiger partial charge is 0.379 e. The van der Waals surface area contributed by atoms with Crippen molar-refractivity contribution in [1.29, 1.82) is 0 Å². The number of aromatic nitrogens is 4. The smallest absolute Gasteiger partial charge is 0.252 e. The molecule has 0 spiro atoms. The van der Waals surface area contributed by atoms with E-state index in [1.165, 1.54) is 0 Å². The Balaban J connectivity index is 1.51. The van der Waals surface area contributed by atoms with Crippen LogP contribution in [0, 0.1) is 0 Å². The number of carbonyl (C=O) groups excluding carboxylic acids is 1. The number of hydrogen-bond acceptors (Lipinski definition) is 5. The SMILES string of the molecule is Cn1cc(C(=Cc2[nH]nc3ncccc23)C(=O)NCCN2CCOCC2)c2cc(Br)ccc21. The molecule has 1 aliphatic rings. The summed E-state index contributed by atoms with van der Waals surface area (Å²) in [7, 11) is 1.99. The summed E-state index contributed by atoms with van der Waals surface area (Å²) >= 11 is 3.57. The number of nitrogens with one attached hydrogen (secondary N) is 2. The number of ether oxygens (including phenoxy) is 1. The Morgan fingerprint density at radius 2 is 2.12 bits per heavy atom. The summed E-state index contributed by atoms with van der Waals surface area (Å²) in [5.74, 6) is -0.123. The zero-order valence-corrected chi connectivity index (χ0v) is 19.9. The number of pyridine rings is 1. The number of benzene rings is 1. The Bertz CT molecular complexity index is 1340. The number of H-pyrrole nitrogens is 1. The average Bonchev–Trinajstić information content (AvgIpc) is 3.38. The molecule has 33 heavy (non-hydrogen) atoms. The third-order valence-electron chi connectivity index (χ3n) is 5.95. The zero-order chi connectivity index (χ0) is 22.8. The van der Waals surface area contributed by atoms with E-state index >= 15 is 0 Å². The molecule has 3 aromatic heterocycles. The second kappa shape index (κ2) is 9.46. The number of aromatic amines is 1. The van der Waals surface area contributed by atoms with E-state index < -0.39 is 0 Å². The number of halogens is 1. The summed E-state index contributed by atoms with van der Waals surface area (Å²) in [4.78, 5) is 20.1. The van der Waals surface area contributed by atoms with Crippen molar-refractivity contribution in [3.05, 3.63) is 58.5 Å². The molecule has 1 aliphatic heterocycles. The minimum absolute atomic E-state index is 0.123.